The van der Waals surface area contributed by atoms with Crippen molar-refractivity contribution in [3.8, 4) is 0 Å². The first-order valence-corrected chi connectivity index (χ1v) is 7.78. The van der Waals surface area contributed by atoms with Gasteiger partial charge in [0.1, 0.15) is 0 Å². The Morgan fingerprint density at radius 2 is 2.17 bits per heavy atom. The average molecular weight is 311 g/mol. The van der Waals surface area contributed by atoms with Crippen LogP contribution in [0.4, 0.5) is 5.69 Å². The van der Waals surface area contributed by atoms with Gasteiger partial charge in [0.2, 0.25) is 0 Å². The van der Waals surface area contributed by atoms with E-state index in [0.29, 0.717) is 0 Å². The molecule has 3 heteroatoms. The molecule has 1 saturated heterocycles. The molecule has 2 rings (SSSR count). The normalized spacial score (nSPS) is 21.8. The van der Waals surface area contributed by atoms with E-state index in [1.54, 1.807) is 0 Å². The molecule has 1 aliphatic heterocycles. The number of nitrogens with zero attached hydrogens (tertiary/aromatic N) is 1. The number of anilines is 1. The predicted molar refractivity (Wildman–Crippen MR) is 81.5 cm³/mol. The quantitative estimate of drug-likeness (QED) is 0.848. The minimum Gasteiger partial charge on any atom is -0.398 e. The van der Waals surface area contributed by atoms with E-state index in [4.69, 9.17) is 5.73 Å². The van der Waals surface area contributed by atoms with Crippen molar-refractivity contribution >= 4 is 21.6 Å². The van der Waals surface area contributed by atoms with Crippen molar-refractivity contribution in [2.24, 2.45) is 0 Å². The molecule has 0 amide bonds. The van der Waals surface area contributed by atoms with Crippen molar-refractivity contribution in [1.82, 2.24) is 4.90 Å². The summed E-state index contributed by atoms with van der Waals surface area (Å²) in [5, 5.41) is 0. The molecule has 18 heavy (non-hydrogen) atoms. The van der Waals surface area contributed by atoms with Crippen LogP contribution in [0.1, 0.15) is 44.6 Å². The average Bonchev–Trinajstić information content (AvgIpc) is 2.60. The number of nitrogen functional groups attached to an aromatic ring is 1. The largest absolute Gasteiger partial charge is 0.398 e. The highest BCUT2D eigenvalue weighted by atomic mass is 79.9. The zero-order valence-corrected chi connectivity index (χ0v) is 12.7. The lowest BCUT2D eigenvalue weighted by Crippen LogP contribution is -2.33. The van der Waals surface area contributed by atoms with Crippen LogP contribution in [0.5, 0.6) is 0 Å². The Hall–Kier alpha value is -0.540. The zero-order chi connectivity index (χ0) is 13.0. The monoisotopic (exact) mass is 310 g/mol. The Balaban J connectivity index is 2.12. The van der Waals surface area contributed by atoms with E-state index in [0.717, 1.165) is 22.7 Å². The highest BCUT2D eigenvalue weighted by molar-refractivity contribution is 9.10. The number of halogens is 1. The smallest absolute Gasteiger partial charge is 0.0461 e. The van der Waals surface area contributed by atoms with Crippen molar-refractivity contribution in [3.05, 3.63) is 28.2 Å². The second kappa shape index (κ2) is 6.58. The molecule has 2 N–H and O–H groups in total. The first-order valence-electron chi connectivity index (χ1n) is 6.99. The summed E-state index contributed by atoms with van der Waals surface area (Å²) in [5.74, 6) is 0. The van der Waals surface area contributed by atoms with Gasteiger partial charge in [-0.3, -0.25) is 4.90 Å². The lowest BCUT2D eigenvalue weighted by atomic mass is 10.1. The second-order valence-corrected chi connectivity index (χ2v) is 6.00. The van der Waals surface area contributed by atoms with Crippen LogP contribution in [0.2, 0.25) is 0 Å². The number of nitrogens with two attached hydrogens (primary N) is 1. The topological polar surface area (TPSA) is 29.3 Å². The van der Waals surface area contributed by atoms with Gasteiger partial charge in [0, 0.05) is 22.7 Å². The van der Waals surface area contributed by atoms with E-state index in [-0.39, 0.29) is 0 Å². The van der Waals surface area contributed by atoms with Crippen LogP contribution in [0.15, 0.2) is 22.7 Å². The minimum absolute atomic E-state index is 0.737. The fourth-order valence-corrected chi connectivity index (χ4v) is 3.24. The second-order valence-electron chi connectivity index (χ2n) is 5.20. The van der Waals surface area contributed by atoms with Crippen LogP contribution in [0.3, 0.4) is 0 Å². The van der Waals surface area contributed by atoms with Gasteiger partial charge in [-0.2, -0.15) is 0 Å². The Kier molecular flexibility index (Phi) is 5.07. The molecule has 100 valence electrons. The first-order chi connectivity index (χ1) is 8.72. The molecule has 0 radical (unpaired) electrons. The van der Waals surface area contributed by atoms with E-state index in [2.05, 4.69) is 33.8 Å². The molecule has 1 unspecified atom stereocenters. The van der Waals surface area contributed by atoms with E-state index in [9.17, 15) is 0 Å². The standard InChI is InChI=1S/C15H23BrN2/c1-2-13-8-4-3-5-10-18(13)11-12-7-6-9-14(17)15(12)16/h6-7,9,13H,2-5,8,10-11,17H2,1H3. The van der Waals surface area contributed by atoms with E-state index >= 15 is 0 Å². The third kappa shape index (κ3) is 3.27. The van der Waals surface area contributed by atoms with Crippen LogP contribution >= 0.6 is 15.9 Å². The van der Waals surface area contributed by atoms with Crippen molar-refractivity contribution in [3.63, 3.8) is 0 Å². The van der Waals surface area contributed by atoms with Gasteiger partial charge in [0.15, 0.2) is 0 Å². The van der Waals surface area contributed by atoms with Crippen LogP contribution in [0, 0.1) is 0 Å². The van der Waals surface area contributed by atoms with Crippen molar-refractivity contribution in [2.75, 3.05) is 12.3 Å². The number of likely N-dealkylation sites (tertiary alicyclic amines) is 1. The zero-order valence-electron chi connectivity index (χ0n) is 11.2. The van der Waals surface area contributed by atoms with Crippen molar-refractivity contribution in [1.29, 1.82) is 0 Å². The number of hydrogen-bond acceptors (Lipinski definition) is 2. The molecule has 1 aromatic rings. The Morgan fingerprint density at radius 3 is 2.94 bits per heavy atom. The summed E-state index contributed by atoms with van der Waals surface area (Å²) in [7, 11) is 0. The van der Waals surface area contributed by atoms with Crippen LogP contribution in [-0.2, 0) is 6.54 Å². The summed E-state index contributed by atoms with van der Waals surface area (Å²) < 4.78 is 1.07. The van der Waals surface area contributed by atoms with Gasteiger partial charge in [-0.05, 0) is 53.4 Å². The summed E-state index contributed by atoms with van der Waals surface area (Å²) in [6, 6.07) is 6.92. The SMILES string of the molecule is CCC1CCCCCN1Cc1cccc(N)c1Br. The molecule has 1 heterocycles. The highest BCUT2D eigenvalue weighted by Crippen LogP contribution is 2.27. The van der Waals surface area contributed by atoms with Gasteiger partial charge in [0.05, 0.1) is 0 Å². The first kappa shape index (κ1) is 13.9. The van der Waals surface area contributed by atoms with Gasteiger partial charge < -0.3 is 5.73 Å². The summed E-state index contributed by atoms with van der Waals surface area (Å²) in [6.45, 7) is 4.54. The Bertz CT molecular complexity index is 392. The maximum atomic E-state index is 5.96. The summed E-state index contributed by atoms with van der Waals surface area (Å²) in [4.78, 5) is 2.63. The van der Waals surface area contributed by atoms with E-state index < -0.39 is 0 Å². The Morgan fingerprint density at radius 1 is 1.33 bits per heavy atom. The molecule has 1 atom stereocenters. The lowest BCUT2D eigenvalue weighted by molar-refractivity contribution is 0.186. The maximum Gasteiger partial charge on any atom is 0.0461 e. The van der Waals surface area contributed by atoms with E-state index in [1.807, 2.05) is 12.1 Å². The highest BCUT2D eigenvalue weighted by Gasteiger charge is 2.20. The van der Waals surface area contributed by atoms with Gasteiger partial charge in [-0.15, -0.1) is 0 Å². The van der Waals surface area contributed by atoms with Gasteiger partial charge in [0.25, 0.3) is 0 Å². The molecule has 0 bridgehead atoms. The lowest BCUT2D eigenvalue weighted by Gasteiger charge is -2.29. The molecule has 0 aliphatic carbocycles. The van der Waals surface area contributed by atoms with Crippen LogP contribution in [-0.4, -0.2) is 17.5 Å². The van der Waals surface area contributed by atoms with Crippen LogP contribution < -0.4 is 5.73 Å². The molecule has 2 nitrogen and oxygen atoms in total. The summed E-state index contributed by atoms with van der Waals surface area (Å²) in [5.41, 5.74) is 8.12. The van der Waals surface area contributed by atoms with Gasteiger partial charge in [-0.1, -0.05) is 31.9 Å². The molecule has 1 fully saturated rings. The third-order valence-electron chi connectivity index (χ3n) is 3.95. The van der Waals surface area contributed by atoms with Crippen LogP contribution in [0.25, 0.3) is 0 Å². The fraction of sp³-hybridized carbons (Fsp3) is 0.600. The van der Waals surface area contributed by atoms with Gasteiger partial charge in [-0.25, -0.2) is 0 Å². The number of benzene rings is 1. The summed E-state index contributed by atoms with van der Waals surface area (Å²) in [6.07, 6.45) is 6.69. The molecular weight excluding hydrogens is 288 g/mol. The molecule has 0 aromatic heterocycles. The minimum atomic E-state index is 0.737. The number of hydrogen-bond donors (Lipinski definition) is 1. The number of rotatable bonds is 3. The predicted octanol–water partition coefficient (Wildman–Crippen LogP) is 4.19. The van der Waals surface area contributed by atoms with Crippen molar-refractivity contribution in [2.45, 2.75) is 51.6 Å². The molecule has 1 aliphatic rings. The van der Waals surface area contributed by atoms with E-state index in [1.165, 1.54) is 44.2 Å². The molecule has 0 saturated carbocycles. The molecule has 0 spiro atoms. The van der Waals surface area contributed by atoms with Crippen molar-refractivity contribution < 1.29 is 0 Å². The molecule has 1 aromatic carbocycles. The molecular formula is C15H23BrN2. The fourth-order valence-electron chi connectivity index (χ4n) is 2.85. The maximum absolute atomic E-state index is 5.96. The Labute approximate surface area is 119 Å². The third-order valence-corrected chi connectivity index (χ3v) is 4.92. The van der Waals surface area contributed by atoms with Gasteiger partial charge >= 0.3 is 0 Å². The summed E-state index contributed by atoms with van der Waals surface area (Å²) >= 11 is 3.62.